The SMILES string of the molecule is CC(C)(C)OC(=O)N1CCCCC1Nc1cccc(N2CCOCC2)c1N. The van der Waals surface area contributed by atoms with E-state index in [1.54, 1.807) is 4.90 Å². The molecule has 0 bridgehead atoms. The summed E-state index contributed by atoms with van der Waals surface area (Å²) in [6.07, 6.45) is 2.54. The molecule has 1 aromatic carbocycles. The highest BCUT2D eigenvalue weighted by molar-refractivity contribution is 5.81. The van der Waals surface area contributed by atoms with Crippen molar-refractivity contribution >= 4 is 23.2 Å². The lowest BCUT2D eigenvalue weighted by atomic mass is 10.1. The number of amides is 1. The first-order valence-electron chi connectivity index (χ1n) is 9.82. The number of para-hydroxylation sites is 1. The van der Waals surface area contributed by atoms with Crippen molar-refractivity contribution in [1.82, 2.24) is 4.90 Å². The highest BCUT2D eigenvalue weighted by Crippen LogP contribution is 2.33. The van der Waals surface area contributed by atoms with Crippen LogP contribution in [0.3, 0.4) is 0 Å². The van der Waals surface area contributed by atoms with Gasteiger partial charge in [-0.05, 0) is 52.2 Å². The van der Waals surface area contributed by atoms with Crippen molar-refractivity contribution in [3.8, 4) is 0 Å². The predicted octanol–water partition coefficient (Wildman–Crippen LogP) is 3.26. The van der Waals surface area contributed by atoms with Gasteiger partial charge in [0.2, 0.25) is 0 Å². The molecule has 2 saturated heterocycles. The maximum Gasteiger partial charge on any atom is 0.411 e. The highest BCUT2D eigenvalue weighted by Gasteiger charge is 2.31. The van der Waals surface area contributed by atoms with E-state index in [4.69, 9.17) is 15.2 Å². The van der Waals surface area contributed by atoms with Crippen LogP contribution in [-0.4, -0.2) is 55.6 Å². The van der Waals surface area contributed by atoms with Gasteiger partial charge in [-0.2, -0.15) is 0 Å². The molecule has 7 nitrogen and oxygen atoms in total. The number of carbonyl (C=O) groups is 1. The normalized spacial score (nSPS) is 21.1. The monoisotopic (exact) mass is 376 g/mol. The molecule has 1 aromatic rings. The molecule has 7 heteroatoms. The molecule has 0 aliphatic carbocycles. The fourth-order valence-corrected chi connectivity index (χ4v) is 3.56. The molecule has 2 aliphatic rings. The first-order valence-corrected chi connectivity index (χ1v) is 9.82. The number of nitrogens with one attached hydrogen (secondary N) is 1. The van der Waals surface area contributed by atoms with Gasteiger partial charge in [0.05, 0.1) is 30.3 Å². The smallest absolute Gasteiger partial charge is 0.411 e. The van der Waals surface area contributed by atoms with Crippen molar-refractivity contribution in [2.24, 2.45) is 0 Å². The number of hydrogen-bond donors (Lipinski definition) is 2. The molecule has 0 aromatic heterocycles. The van der Waals surface area contributed by atoms with Gasteiger partial charge in [0.15, 0.2) is 0 Å². The zero-order valence-electron chi connectivity index (χ0n) is 16.7. The molecule has 1 amide bonds. The van der Waals surface area contributed by atoms with Crippen molar-refractivity contribution in [3.05, 3.63) is 18.2 Å². The van der Waals surface area contributed by atoms with Crippen molar-refractivity contribution in [2.75, 3.05) is 48.8 Å². The summed E-state index contributed by atoms with van der Waals surface area (Å²) >= 11 is 0. The molecule has 0 radical (unpaired) electrons. The number of carbonyl (C=O) groups excluding carboxylic acids is 1. The second-order valence-electron chi connectivity index (χ2n) is 8.17. The number of nitrogens with zero attached hydrogens (tertiary/aromatic N) is 2. The Kier molecular flexibility index (Phi) is 5.99. The third-order valence-electron chi connectivity index (χ3n) is 4.89. The largest absolute Gasteiger partial charge is 0.444 e. The minimum absolute atomic E-state index is 0.115. The second-order valence-corrected chi connectivity index (χ2v) is 8.17. The van der Waals surface area contributed by atoms with E-state index in [0.29, 0.717) is 25.4 Å². The molecule has 150 valence electrons. The van der Waals surface area contributed by atoms with Gasteiger partial charge < -0.3 is 25.4 Å². The highest BCUT2D eigenvalue weighted by atomic mass is 16.6. The summed E-state index contributed by atoms with van der Waals surface area (Å²) in [6.45, 7) is 9.46. The van der Waals surface area contributed by atoms with E-state index in [1.165, 1.54) is 0 Å². The Hall–Kier alpha value is -2.15. The first kappa shape index (κ1) is 19.6. The summed E-state index contributed by atoms with van der Waals surface area (Å²) in [5, 5.41) is 3.49. The van der Waals surface area contributed by atoms with E-state index in [0.717, 1.165) is 43.7 Å². The lowest BCUT2D eigenvalue weighted by Crippen LogP contribution is -2.49. The molecule has 2 aliphatic heterocycles. The van der Waals surface area contributed by atoms with Gasteiger partial charge >= 0.3 is 6.09 Å². The molecule has 27 heavy (non-hydrogen) atoms. The van der Waals surface area contributed by atoms with Crippen molar-refractivity contribution in [2.45, 2.75) is 51.8 Å². The van der Waals surface area contributed by atoms with Crippen LogP contribution >= 0.6 is 0 Å². The van der Waals surface area contributed by atoms with Gasteiger partial charge in [-0.1, -0.05) is 6.07 Å². The topological polar surface area (TPSA) is 80.1 Å². The minimum atomic E-state index is -0.506. The number of ether oxygens (including phenoxy) is 2. The number of morpholine rings is 1. The summed E-state index contributed by atoms with van der Waals surface area (Å²) in [5.74, 6) is 0. The van der Waals surface area contributed by atoms with Crippen LogP contribution in [0, 0.1) is 0 Å². The van der Waals surface area contributed by atoms with Crippen molar-refractivity contribution < 1.29 is 14.3 Å². The van der Waals surface area contributed by atoms with Gasteiger partial charge in [-0.3, -0.25) is 4.90 Å². The van der Waals surface area contributed by atoms with Crippen molar-refractivity contribution in [3.63, 3.8) is 0 Å². The molecule has 3 rings (SSSR count). The van der Waals surface area contributed by atoms with Gasteiger partial charge in [0, 0.05) is 19.6 Å². The number of piperidine rings is 1. The Balaban J connectivity index is 1.75. The molecule has 1 atom stereocenters. The molecular formula is C20H32N4O3. The van der Waals surface area contributed by atoms with Crippen LogP contribution in [0.4, 0.5) is 21.9 Å². The van der Waals surface area contributed by atoms with Crippen LogP contribution in [-0.2, 0) is 9.47 Å². The van der Waals surface area contributed by atoms with E-state index < -0.39 is 5.60 Å². The Labute approximate surface area is 161 Å². The van der Waals surface area contributed by atoms with E-state index in [2.05, 4.69) is 10.2 Å². The summed E-state index contributed by atoms with van der Waals surface area (Å²) in [7, 11) is 0. The Bertz CT molecular complexity index is 653. The number of anilines is 3. The van der Waals surface area contributed by atoms with E-state index in [-0.39, 0.29) is 12.3 Å². The van der Waals surface area contributed by atoms with Crippen LogP contribution in [0.5, 0.6) is 0 Å². The average Bonchev–Trinajstić information content (AvgIpc) is 2.63. The average molecular weight is 377 g/mol. The molecule has 0 spiro atoms. The molecular weight excluding hydrogens is 344 g/mol. The third kappa shape index (κ3) is 4.97. The van der Waals surface area contributed by atoms with Gasteiger partial charge in [0.1, 0.15) is 11.8 Å². The fraction of sp³-hybridized carbons (Fsp3) is 0.650. The summed E-state index contributed by atoms with van der Waals surface area (Å²) < 4.78 is 11.0. The van der Waals surface area contributed by atoms with Gasteiger partial charge in [-0.15, -0.1) is 0 Å². The van der Waals surface area contributed by atoms with E-state index in [1.807, 2.05) is 39.0 Å². The molecule has 0 saturated carbocycles. The first-order chi connectivity index (χ1) is 12.8. The Morgan fingerprint density at radius 1 is 1.22 bits per heavy atom. The van der Waals surface area contributed by atoms with E-state index in [9.17, 15) is 4.79 Å². The molecule has 1 unspecified atom stereocenters. The number of nitrogen functional groups attached to an aromatic ring is 1. The predicted molar refractivity (Wildman–Crippen MR) is 108 cm³/mol. The second kappa shape index (κ2) is 8.25. The Morgan fingerprint density at radius 3 is 2.67 bits per heavy atom. The van der Waals surface area contributed by atoms with Crippen molar-refractivity contribution in [1.29, 1.82) is 0 Å². The van der Waals surface area contributed by atoms with Gasteiger partial charge in [-0.25, -0.2) is 4.79 Å². The zero-order chi connectivity index (χ0) is 19.4. The van der Waals surface area contributed by atoms with Gasteiger partial charge in [0.25, 0.3) is 0 Å². The maximum atomic E-state index is 12.6. The van der Waals surface area contributed by atoms with Crippen LogP contribution < -0.4 is 16.0 Å². The summed E-state index contributed by atoms with van der Waals surface area (Å²) in [5.41, 5.74) is 8.56. The lowest BCUT2D eigenvalue weighted by Gasteiger charge is -2.38. The maximum absolute atomic E-state index is 12.6. The van der Waals surface area contributed by atoms with E-state index >= 15 is 0 Å². The number of likely N-dealkylation sites (tertiary alicyclic amines) is 1. The summed E-state index contributed by atoms with van der Waals surface area (Å²) in [4.78, 5) is 16.7. The minimum Gasteiger partial charge on any atom is -0.444 e. The quantitative estimate of drug-likeness (QED) is 0.788. The standard InChI is InChI=1S/C20H32N4O3/c1-20(2,3)27-19(25)24-10-5-4-9-17(24)22-15-7-6-8-16(18(15)21)23-11-13-26-14-12-23/h6-8,17,22H,4-5,9-14,21H2,1-3H3. The zero-order valence-corrected chi connectivity index (χ0v) is 16.7. The van der Waals surface area contributed by atoms with Crippen LogP contribution in [0.15, 0.2) is 18.2 Å². The van der Waals surface area contributed by atoms with Crippen LogP contribution in [0.2, 0.25) is 0 Å². The Morgan fingerprint density at radius 2 is 1.96 bits per heavy atom. The lowest BCUT2D eigenvalue weighted by molar-refractivity contribution is 0.0130. The third-order valence-corrected chi connectivity index (χ3v) is 4.89. The summed E-state index contributed by atoms with van der Waals surface area (Å²) in [6, 6.07) is 6.02. The van der Waals surface area contributed by atoms with Crippen LogP contribution in [0.1, 0.15) is 40.0 Å². The number of rotatable bonds is 3. The van der Waals surface area contributed by atoms with Crippen LogP contribution in [0.25, 0.3) is 0 Å². The number of benzene rings is 1. The molecule has 2 fully saturated rings. The molecule has 3 N–H and O–H groups in total. The fourth-order valence-electron chi connectivity index (χ4n) is 3.56. The number of hydrogen-bond acceptors (Lipinski definition) is 6. The number of nitrogens with two attached hydrogens (primary N) is 1. The molecule has 2 heterocycles.